The molecule has 0 amide bonds. The molecule has 2 aliphatic rings. The van der Waals surface area contributed by atoms with Crippen molar-refractivity contribution in [3.63, 3.8) is 0 Å². The van der Waals surface area contributed by atoms with Crippen molar-refractivity contribution in [1.82, 2.24) is 0 Å². The number of aliphatic carboxylic acids is 1. The lowest BCUT2D eigenvalue weighted by atomic mass is 9.63. The molecule has 0 spiro atoms. The van der Waals surface area contributed by atoms with Crippen molar-refractivity contribution < 1.29 is 9.90 Å². The van der Waals surface area contributed by atoms with Gasteiger partial charge in [0.25, 0.3) is 0 Å². The van der Waals surface area contributed by atoms with E-state index in [4.69, 9.17) is 0 Å². The van der Waals surface area contributed by atoms with Crippen LogP contribution >= 0.6 is 0 Å². The van der Waals surface area contributed by atoms with Gasteiger partial charge in [-0.1, -0.05) is 87.1 Å². The number of carboxylic acids is 1. The van der Waals surface area contributed by atoms with Gasteiger partial charge in [0.2, 0.25) is 0 Å². The Morgan fingerprint density at radius 2 is 1.73 bits per heavy atom. The molecule has 1 aromatic carbocycles. The van der Waals surface area contributed by atoms with Gasteiger partial charge in [0, 0.05) is 0 Å². The minimum absolute atomic E-state index is 0.415. The Balaban J connectivity index is 1.59. The highest BCUT2D eigenvalue weighted by molar-refractivity contribution is 6.73. The van der Waals surface area contributed by atoms with Crippen molar-refractivity contribution in [3.8, 4) is 0 Å². The minimum atomic E-state index is -0.961. The molecule has 1 heterocycles. The van der Waals surface area contributed by atoms with E-state index >= 15 is 0 Å². The summed E-state index contributed by atoms with van der Waals surface area (Å²) < 4.78 is 0. The van der Waals surface area contributed by atoms with Crippen LogP contribution in [-0.2, 0) is 4.79 Å². The minimum Gasteiger partial charge on any atom is -0.481 e. The van der Waals surface area contributed by atoms with E-state index in [0.29, 0.717) is 5.92 Å². The summed E-state index contributed by atoms with van der Waals surface area (Å²) in [6.07, 6.45) is 9.32. The quantitative estimate of drug-likeness (QED) is 0.694. The first-order chi connectivity index (χ1) is 12.5. The Kier molecular flexibility index (Phi) is 6.60. The van der Waals surface area contributed by atoms with Crippen LogP contribution in [-0.4, -0.2) is 19.9 Å². The van der Waals surface area contributed by atoms with E-state index in [-0.39, 0.29) is 0 Å². The first-order valence-corrected chi connectivity index (χ1v) is 13.0. The topological polar surface area (TPSA) is 37.3 Å². The highest BCUT2D eigenvalue weighted by Crippen LogP contribution is 2.50. The molecular weight excluding hydrogens is 336 g/mol. The molecule has 0 aromatic heterocycles. The number of hydrogen-bond donors (Lipinski definition) is 1. The van der Waals surface area contributed by atoms with Gasteiger partial charge in [0.05, 0.1) is 14.2 Å². The highest BCUT2D eigenvalue weighted by atomic mass is 28.3. The largest absolute Gasteiger partial charge is 0.481 e. The SMILES string of the molecule is CC(C)CCC1CCC(C2(C(=O)O)CC[SiH](c3ccccc3)CC2)CC1. The van der Waals surface area contributed by atoms with Gasteiger partial charge < -0.3 is 5.11 Å². The maximum Gasteiger partial charge on any atom is 0.309 e. The molecule has 0 radical (unpaired) electrons. The van der Waals surface area contributed by atoms with Crippen LogP contribution in [0.15, 0.2) is 30.3 Å². The third-order valence-electron chi connectivity index (χ3n) is 7.36. The molecule has 144 valence electrons. The van der Waals surface area contributed by atoms with Crippen molar-refractivity contribution in [2.24, 2.45) is 23.2 Å². The molecule has 2 nitrogen and oxygen atoms in total. The van der Waals surface area contributed by atoms with Gasteiger partial charge in [-0.3, -0.25) is 4.79 Å². The van der Waals surface area contributed by atoms with Gasteiger partial charge in [-0.2, -0.15) is 0 Å². The summed E-state index contributed by atoms with van der Waals surface area (Å²) in [5, 5.41) is 11.7. The molecule has 3 heteroatoms. The predicted molar refractivity (Wildman–Crippen MR) is 112 cm³/mol. The van der Waals surface area contributed by atoms with Crippen molar-refractivity contribution in [2.75, 3.05) is 0 Å². The molecule has 1 aliphatic heterocycles. The zero-order valence-corrected chi connectivity index (χ0v) is 17.8. The molecule has 0 bridgehead atoms. The van der Waals surface area contributed by atoms with Gasteiger partial charge in [0.1, 0.15) is 0 Å². The summed E-state index contributed by atoms with van der Waals surface area (Å²) in [5.74, 6) is 1.55. The molecule has 0 atom stereocenters. The molecule has 3 rings (SSSR count). The summed E-state index contributed by atoms with van der Waals surface area (Å²) in [4.78, 5) is 12.3. The molecule has 26 heavy (non-hydrogen) atoms. The van der Waals surface area contributed by atoms with Crippen molar-refractivity contribution >= 4 is 20.0 Å². The fraction of sp³-hybridized carbons (Fsp3) is 0.696. The molecule has 2 fully saturated rings. The smallest absolute Gasteiger partial charge is 0.309 e. The monoisotopic (exact) mass is 372 g/mol. The summed E-state index contributed by atoms with van der Waals surface area (Å²) in [7, 11) is -0.961. The van der Waals surface area contributed by atoms with Crippen molar-refractivity contribution in [1.29, 1.82) is 0 Å². The summed E-state index contributed by atoms with van der Waals surface area (Å²) >= 11 is 0. The first kappa shape index (κ1) is 19.7. The lowest BCUT2D eigenvalue weighted by Gasteiger charge is -2.45. The number of hydrogen-bond acceptors (Lipinski definition) is 1. The van der Waals surface area contributed by atoms with Gasteiger partial charge in [-0.15, -0.1) is 0 Å². The molecule has 1 saturated heterocycles. The zero-order chi connectivity index (χ0) is 18.6. The van der Waals surface area contributed by atoms with Crippen LogP contribution in [0.3, 0.4) is 0 Å². The fourth-order valence-corrected chi connectivity index (χ4v) is 9.01. The Labute approximate surface area is 161 Å². The van der Waals surface area contributed by atoms with Gasteiger partial charge in [0.15, 0.2) is 0 Å². The van der Waals surface area contributed by atoms with E-state index in [9.17, 15) is 9.90 Å². The normalized spacial score (nSPS) is 32.5. The van der Waals surface area contributed by atoms with Gasteiger partial charge in [-0.05, 0) is 43.4 Å². The number of carboxylic acid groups (broad SMARTS) is 1. The summed E-state index contributed by atoms with van der Waals surface area (Å²) in [6, 6.07) is 13.2. The summed E-state index contributed by atoms with van der Waals surface area (Å²) in [5.41, 5.74) is -0.415. The number of benzene rings is 1. The molecule has 1 saturated carbocycles. The van der Waals surface area contributed by atoms with E-state index in [1.54, 1.807) is 0 Å². The lowest BCUT2D eigenvalue weighted by molar-refractivity contribution is -0.155. The first-order valence-electron chi connectivity index (χ1n) is 10.8. The maximum atomic E-state index is 12.3. The second kappa shape index (κ2) is 8.73. The van der Waals surface area contributed by atoms with Crippen LogP contribution in [0.2, 0.25) is 12.1 Å². The van der Waals surface area contributed by atoms with E-state index in [2.05, 4.69) is 44.2 Å². The Morgan fingerprint density at radius 3 is 2.27 bits per heavy atom. The lowest BCUT2D eigenvalue weighted by Crippen LogP contribution is -2.47. The van der Waals surface area contributed by atoms with Crippen LogP contribution in [0, 0.1) is 23.2 Å². The molecular formula is C23H36O2Si. The second-order valence-corrected chi connectivity index (χ2v) is 12.6. The van der Waals surface area contributed by atoms with Crippen LogP contribution in [0.25, 0.3) is 0 Å². The highest BCUT2D eigenvalue weighted by Gasteiger charge is 2.48. The predicted octanol–water partition coefficient (Wildman–Crippen LogP) is 5.23. The number of rotatable bonds is 6. The fourth-order valence-electron chi connectivity index (χ4n) is 5.56. The Morgan fingerprint density at radius 1 is 1.12 bits per heavy atom. The van der Waals surface area contributed by atoms with E-state index in [0.717, 1.165) is 37.5 Å². The molecule has 0 unspecified atom stereocenters. The second-order valence-electron chi connectivity index (χ2n) is 9.34. The van der Waals surface area contributed by atoms with E-state index in [1.165, 1.54) is 43.0 Å². The van der Waals surface area contributed by atoms with Crippen LogP contribution in [0.5, 0.6) is 0 Å². The maximum absolute atomic E-state index is 12.3. The third kappa shape index (κ3) is 4.41. The molecule has 1 aliphatic carbocycles. The van der Waals surface area contributed by atoms with E-state index in [1.807, 2.05) is 0 Å². The van der Waals surface area contributed by atoms with Gasteiger partial charge >= 0.3 is 5.97 Å². The van der Waals surface area contributed by atoms with Crippen molar-refractivity contribution in [2.45, 2.75) is 77.3 Å². The average molecular weight is 373 g/mol. The Bertz CT molecular complexity index is 567. The average Bonchev–Trinajstić information content (AvgIpc) is 2.67. The Hall–Kier alpha value is -1.09. The van der Waals surface area contributed by atoms with Gasteiger partial charge in [-0.25, -0.2) is 0 Å². The zero-order valence-electron chi connectivity index (χ0n) is 16.6. The van der Waals surface area contributed by atoms with Crippen LogP contribution in [0.1, 0.15) is 65.2 Å². The van der Waals surface area contributed by atoms with Crippen LogP contribution in [0.4, 0.5) is 0 Å². The van der Waals surface area contributed by atoms with E-state index < -0.39 is 20.2 Å². The molecule has 1 aromatic rings. The number of carbonyl (C=O) groups is 1. The third-order valence-corrected chi connectivity index (χ3v) is 10.7. The van der Waals surface area contributed by atoms with Crippen molar-refractivity contribution in [3.05, 3.63) is 30.3 Å². The summed E-state index contributed by atoms with van der Waals surface area (Å²) in [6.45, 7) is 4.61. The standard InChI is InChI=1S/C23H36O2Si/c1-18(2)8-9-19-10-12-20(13-11-19)23(22(24)25)14-16-26(17-15-23)21-6-4-3-5-7-21/h3-7,18-20,26H,8-17H2,1-2H3,(H,24,25). The molecule has 1 N–H and O–H groups in total. The van der Waals surface area contributed by atoms with Crippen LogP contribution < -0.4 is 5.19 Å².